The Morgan fingerprint density at radius 2 is 2.33 bits per heavy atom. The minimum Gasteiger partial charge on any atom is -0.481 e. The van der Waals surface area contributed by atoms with Crippen LogP contribution in [0.5, 0.6) is 5.75 Å². The van der Waals surface area contributed by atoms with Crippen LogP contribution in [-0.4, -0.2) is 30.5 Å². The molecule has 0 saturated heterocycles. The predicted molar refractivity (Wildman–Crippen MR) is 62.4 cm³/mol. The number of carbonyl (C=O) groups is 1. The zero-order valence-corrected chi connectivity index (χ0v) is 10.0. The Hall–Kier alpha value is -2.09. The van der Waals surface area contributed by atoms with Crippen molar-refractivity contribution in [1.82, 2.24) is 4.90 Å². The van der Waals surface area contributed by atoms with Gasteiger partial charge < -0.3 is 9.64 Å². The Morgan fingerprint density at radius 1 is 1.61 bits per heavy atom. The summed E-state index contributed by atoms with van der Waals surface area (Å²) in [5.74, 6) is -0.802. The van der Waals surface area contributed by atoms with Crippen LogP contribution >= 0.6 is 0 Å². The van der Waals surface area contributed by atoms with Crippen LogP contribution in [0.4, 0.5) is 4.39 Å². The summed E-state index contributed by atoms with van der Waals surface area (Å²) < 4.78 is 18.6. The zero-order valence-electron chi connectivity index (χ0n) is 10.0. The maximum absolute atomic E-state index is 13.5. The number of hydrogen-bond acceptors (Lipinski definition) is 3. The quantitative estimate of drug-likeness (QED) is 0.814. The van der Waals surface area contributed by atoms with E-state index in [2.05, 4.69) is 0 Å². The van der Waals surface area contributed by atoms with Gasteiger partial charge >= 0.3 is 0 Å². The summed E-state index contributed by atoms with van der Waals surface area (Å²) in [6.45, 7) is -0.185. The van der Waals surface area contributed by atoms with E-state index in [1.165, 1.54) is 12.1 Å². The molecule has 1 fully saturated rings. The third kappa shape index (κ3) is 2.77. The largest absolute Gasteiger partial charge is 0.481 e. The van der Waals surface area contributed by atoms with Gasteiger partial charge in [0.05, 0.1) is 11.6 Å². The van der Waals surface area contributed by atoms with Crippen molar-refractivity contribution in [2.24, 2.45) is 0 Å². The van der Waals surface area contributed by atoms with Crippen molar-refractivity contribution in [3.05, 3.63) is 29.6 Å². The Bertz CT molecular complexity index is 506. The minimum absolute atomic E-state index is 0.00783. The zero-order chi connectivity index (χ0) is 13.1. The molecule has 1 amide bonds. The van der Waals surface area contributed by atoms with Gasteiger partial charge in [0.2, 0.25) is 0 Å². The van der Waals surface area contributed by atoms with Crippen LogP contribution in [0.3, 0.4) is 0 Å². The van der Waals surface area contributed by atoms with E-state index < -0.39 is 5.82 Å². The van der Waals surface area contributed by atoms with Gasteiger partial charge in [-0.05, 0) is 31.0 Å². The summed E-state index contributed by atoms with van der Waals surface area (Å²) in [7, 11) is 1.72. The average molecular weight is 248 g/mol. The number of benzene rings is 1. The van der Waals surface area contributed by atoms with Crippen molar-refractivity contribution in [3.8, 4) is 11.8 Å². The molecule has 0 spiro atoms. The van der Waals surface area contributed by atoms with E-state index in [0.717, 1.165) is 18.9 Å². The lowest BCUT2D eigenvalue weighted by Crippen LogP contribution is -2.33. The lowest BCUT2D eigenvalue weighted by molar-refractivity contribution is -0.132. The predicted octanol–water partition coefficient (Wildman–Crippen LogP) is 1.70. The highest BCUT2D eigenvalue weighted by Gasteiger charge is 2.29. The Labute approximate surface area is 105 Å². The van der Waals surface area contributed by atoms with Crippen LogP contribution < -0.4 is 4.74 Å². The highest BCUT2D eigenvalue weighted by atomic mass is 19.1. The summed E-state index contributed by atoms with van der Waals surface area (Å²) in [6.07, 6.45) is 2.04. The van der Waals surface area contributed by atoms with Crippen molar-refractivity contribution in [2.45, 2.75) is 18.9 Å². The molecule has 5 heteroatoms. The maximum Gasteiger partial charge on any atom is 0.260 e. The van der Waals surface area contributed by atoms with Crippen LogP contribution in [0.15, 0.2) is 18.2 Å². The first-order chi connectivity index (χ1) is 8.61. The Morgan fingerprint density at radius 3 is 2.89 bits per heavy atom. The third-order valence-electron chi connectivity index (χ3n) is 2.90. The molecule has 0 N–H and O–H groups in total. The fraction of sp³-hybridized carbons (Fsp3) is 0.385. The SMILES string of the molecule is CN(C(=O)COc1ccc(C#N)cc1F)C1CC1. The normalized spacial score (nSPS) is 13.8. The number of likely N-dealkylation sites (N-methyl/N-ethyl adjacent to an activating group) is 1. The summed E-state index contributed by atoms with van der Waals surface area (Å²) in [6, 6.07) is 6.04. The van der Waals surface area contributed by atoms with Gasteiger partial charge in [-0.25, -0.2) is 4.39 Å². The molecule has 1 aliphatic rings. The Balaban J connectivity index is 1.93. The molecule has 1 aromatic rings. The monoisotopic (exact) mass is 248 g/mol. The van der Waals surface area contributed by atoms with Crippen molar-refractivity contribution >= 4 is 5.91 Å². The molecule has 0 unspecified atom stereocenters. The smallest absolute Gasteiger partial charge is 0.260 e. The number of halogens is 1. The third-order valence-corrected chi connectivity index (χ3v) is 2.90. The summed E-state index contributed by atoms with van der Waals surface area (Å²) in [5.41, 5.74) is 0.223. The van der Waals surface area contributed by atoms with Gasteiger partial charge in [-0.2, -0.15) is 5.26 Å². The molecule has 1 aliphatic carbocycles. The molecule has 1 aromatic carbocycles. The highest BCUT2D eigenvalue weighted by molar-refractivity contribution is 5.78. The molecular weight excluding hydrogens is 235 g/mol. The van der Waals surface area contributed by atoms with Crippen LogP contribution in [0.1, 0.15) is 18.4 Å². The second-order valence-corrected chi connectivity index (χ2v) is 4.28. The van der Waals surface area contributed by atoms with Crippen LogP contribution in [-0.2, 0) is 4.79 Å². The van der Waals surface area contributed by atoms with E-state index >= 15 is 0 Å². The van der Waals surface area contributed by atoms with Crippen molar-refractivity contribution in [3.63, 3.8) is 0 Å². The molecule has 1 saturated carbocycles. The molecule has 18 heavy (non-hydrogen) atoms. The minimum atomic E-state index is -0.629. The molecule has 94 valence electrons. The molecular formula is C13H13FN2O2. The van der Waals surface area contributed by atoms with E-state index in [-0.39, 0.29) is 23.8 Å². The number of carbonyl (C=O) groups excluding carboxylic acids is 1. The average Bonchev–Trinajstić information content (AvgIpc) is 3.20. The van der Waals surface area contributed by atoms with Gasteiger partial charge in [-0.3, -0.25) is 4.79 Å². The molecule has 4 nitrogen and oxygen atoms in total. The van der Waals surface area contributed by atoms with Gasteiger partial charge in [0.1, 0.15) is 0 Å². The van der Waals surface area contributed by atoms with E-state index in [1.54, 1.807) is 11.9 Å². The molecule has 0 aliphatic heterocycles. The van der Waals surface area contributed by atoms with E-state index in [1.807, 2.05) is 6.07 Å². The van der Waals surface area contributed by atoms with Gasteiger partial charge in [-0.1, -0.05) is 0 Å². The molecule has 0 bridgehead atoms. The van der Waals surface area contributed by atoms with Crippen LogP contribution in [0.2, 0.25) is 0 Å². The summed E-state index contributed by atoms with van der Waals surface area (Å²) in [4.78, 5) is 13.3. The topological polar surface area (TPSA) is 53.3 Å². The number of rotatable bonds is 4. The van der Waals surface area contributed by atoms with E-state index in [4.69, 9.17) is 10.00 Å². The number of nitrogens with zero attached hydrogens (tertiary/aromatic N) is 2. The van der Waals surface area contributed by atoms with E-state index in [9.17, 15) is 9.18 Å². The van der Waals surface area contributed by atoms with Gasteiger partial charge in [0.15, 0.2) is 18.2 Å². The first-order valence-corrected chi connectivity index (χ1v) is 5.70. The summed E-state index contributed by atoms with van der Waals surface area (Å²) >= 11 is 0. The van der Waals surface area contributed by atoms with Crippen LogP contribution in [0, 0.1) is 17.1 Å². The highest BCUT2D eigenvalue weighted by Crippen LogP contribution is 2.25. The van der Waals surface area contributed by atoms with Gasteiger partial charge in [0, 0.05) is 13.1 Å². The lowest BCUT2D eigenvalue weighted by atomic mass is 10.2. The number of amides is 1. The van der Waals surface area contributed by atoms with Gasteiger partial charge in [0.25, 0.3) is 5.91 Å². The first kappa shape index (κ1) is 12.4. The second-order valence-electron chi connectivity index (χ2n) is 4.28. The molecule has 2 rings (SSSR count). The summed E-state index contributed by atoms with van der Waals surface area (Å²) in [5, 5.41) is 8.59. The standard InChI is InChI=1S/C13H13FN2O2/c1-16(10-3-4-10)13(17)8-18-12-5-2-9(7-15)6-11(12)14/h2,5-6,10H,3-4,8H2,1H3. The fourth-order valence-electron chi connectivity index (χ4n) is 1.59. The van der Waals surface area contributed by atoms with Gasteiger partial charge in [-0.15, -0.1) is 0 Å². The number of hydrogen-bond donors (Lipinski definition) is 0. The lowest BCUT2D eigenvalue weighted by Gasteiger charge is -2.16. The number of nitriles is 1. The molecule has 0 aromatic heterocycles. The Kier molecular flexibility index (Phi) is 3.47. The second kappa shape index (κ2) is 5.05. The molecule has 0 radical (unpaired) electrons. The molecule has 0 heterocycles. The van der Waals surface area contributed by atoms with E-state index in [0.29, 0.717) is 6.04 Å². The fourth-order valence-corrected chi connectivity index (χ4v) is 1.59. The maximum atomic E-state index is 13.5. The van der Waals surface area contributed by atoms with Crippen molar-refractivity contribution in [2.75, 3.05) is 13.7 Å². The van der Waals surface area contributed by atoms with Crippen LogP contribution in [0.25, 0.3) is 0 Å². The number of ether oxygens (including phenoxy) is 1. The first-order valence-electron chi connectivity index (χ1n) is 5.70. The van der Waals surface area contributed by atoms with Crippen molar-refractivity contribution < 1.29 is 13.9 Å². The van der Waals surface area contributed by atoms with Crippen molar-refractivity contribution in [1.29, 1.82) is 5.26 Å². The molecule has 0 atom stereocenters.